The van der Waals surface area contributed by atoms with Crippen LogP contribution in [0.2, 0.25) is 0 Å². The maximum absolute atomic E-state index is 13.1. The molecule has 0 radical (unpaired) electrons. The van der Waals surface area contributed by atoms with Crippen molar-refractivity contribution in [2.75, 3.05) is 19.7 Å². The third-order valence-corrected chi connectivity index (χ3v) is 4.18. The standard InChI is InChI=1S/C16H22F2N2O2/c1-11-3-2-4-20(15(11)10-21)9-16(22)19-8-12-5-13(17)7-14(18)6-12/h5-7,11,15,21H,2-4,8-10H2,1H3,(H,19,22). The molecule has 4 nitrogen and oxygen atoms in total. The highest BCUT2D eigenvalue weighted by Gasteiger charge is 2.28. The predicted molar refractivity (Wildman–Crippen MR) is 79.0 cm³/mol. The summed E-state index contributed by atoms with van der Waals surface area (Å²) in [7, 11) is 0. The van der Waals surface area contributed by atoms with Crippen molar-refractivity contribution in [1.82, 2.24) is 10.2 Å². The molecular weight excluding hydrogens is 290 g/mol. The van der Waals surface area contributed by atoms with E-state index in [2.05, 4.69) is 12.2 Å². The summed E-state index contributed by atoms with van der Waals surface area (Å²) in [6.45, 7) is 3.15. The van der Waals surface area contributed by atoms with Gasteiger partial charge in [0.05, 0.1) is 13.2 Å². The number of hydrogen-bond acceptors (Lipinski definition) is 3. The molecule has 1 aromatic rings. The van der Waals surface area contributed by atoms with Crippen molar-refractivity contribution in [3.05, 3.63) is 35.4 Å². The molecule has 2 rings (SSSR count). The van der Waals surface area contributed by atoms with Gasteiger partial charge in [-0.25, -0.2) is 8.78 Å². The molecule has 1 fully saturated rings. The summed E-state index contributed by atoms with van der Waals surface area (Å²) in [4.78, 5) is 14.0. The van der Waals surface area contributed by atoms with Crippen LogP contribution in [-0.4, -0.2) is 41.7 Å². The lowest BCUT2D eigenvalue weighted by molar-refractivity contribution is -0.124. The Morgan fingerprint density at radius 2 is 2.05 bits per heavy atom. The second kappa shape index (κ2) is 7.65. The number of likely N-dealkylation sites (tertiary alicyclic amines) is 1. The molecule has 6 heteroatoms. The number of nitrogens with zero attached hydrogens (tertiary/aromatic N) is 1. The van der Waals surface area contributed by atoms with Gasteiger partial charge < -0.3 is 10.4 Å². The molecular formula is C16H22F2N2O2. The van der Waals surface area contributed by atoms with Gasteiger partial charge in [-0.1, -0.05) is 6.92 Å². The number of piperidine rings is 1. The van der Waals surface area contributed by atoms with E-state index >= 15 is 0 Å². The van der Waals surface area contributed by atoms with E-state index < -0.39 is 11.6 Å². The van der Waals surface area contributed by atoms with Gasteiger partial charge in [0.2, 0.25) is 5.91 Å². The van der Waals surface area contributed by atoms with Crippen molar-refractivity contribution >= 4 is 5.91 Å². The summed E-state index contributed by atoms with van der Waals surface area (Å²) in [5.74, 6) is -1.18. The van der Waals surface area contributed by atoms with Crippen LogP contribution >= 0.6 is 0 Å². The molecule has 2 N–H and O–H groups in total. The molecule has 122 valence electrons. The Hall–Kier alpha value is -1.53. The van der Waals surface area contributed by atoms with Gasteiger partial charge in [0, 0.05) is 18.7 Å². The highest BCUT2D eigenvalue weighted by Crippen LogP contribution is 2.22. The zero-order valence-electron chi connectivity index (χ0n) is 12.7. The topological polar surface area (TPSA) is 52.6 Å². The molecule has 0 saturated carbocycles. The predicted octanol–water partition coefficient (Wildman–Crippen LogP) is 1.67. The fourth-order valence-electron chi connectivity index (χ4n) is 2.98. The molecule has 2 atom stereocenters. The summed E-state index contributed by atoms with van der Waals surface area (Å²) >= 11 is 0. The number of aliphatic hydroxyl groups is 1. The number of halogens is 2. The van der Waals surface area contributed by atoms with E-state index in [1.165, 1.54) is 12.1 Å². The number of carbonyl (C=O) groups excluding carboxylic acids is 1. The Morgan fingerprint density at radius 3 is 2.68 bits per heavy atom. The van der Waals surface area contributed by atoms with E-state index in [-0.39, 0.29) is 31.6 Å². The molecule has 22 heavy (non-hydrogen) atoms. The Morgan fingerprint density at radius 1 is 1.36 bits per heavy atom. The number of rotatable bonds is 5. The van der Waals surface area contributed by atoms with Gasteiger partial charge in [-0.3, -0.25) is 9.69 Å². The van der Waals surface area contributed by atoms with Gasteiger partial charge in [0.15, 0.2) is 0 Å². The molecule has 0 aromatic heterocycles. The zero-order chi connectivity index (χ0) is 16.1. The first-order valence-electron chi connectivity index (χ1n) is 7.56. The lowest BCUT2D eigenvalue weighted by Crippen LogP contribution is -2.50. The lowest BCUT2D eigenvalue weighted by atomic mass is 9.91. The molecule has 1 saturated heterocycles. The van der Waals surface area contributed by atoms with Crippen LogP contribution in [0.5, 0.6) is 0 Å². The second-order valence-electron chi connectivity index (χ2n) is 5.89. The van der Waals surface area contributed by atoms with Crippen molar-refractivity contribution in [2.45, 2.75) is 32.4 Å². The van der Waals surface area contributed by atoms with Gasteiger partial charge >= 0.3 is 0 Å². The quantitative estimate of drug-likeness (QED) is 0.870. The van der Waals surface area contributed by atoms with Gasteiger partial charge in [-0.15, -0.1) is 0 Å². The maximum atomic E-state index is 13.1. The van der Waals surface area contributed by atoms with Crippen molar-refractivity contribution in [3.8, 4) is 0 Å². The van der Waals surface area contributed by atoms with Crippen LogP contribution in [0.15, 0.2) is 18.2 Å². The second-order valence-corrected chi connectivity index (χ2v) is 5.89. The van der Waals surface area contributed by atoms with E-state index in [4.69, 9.17) is 0 Å². The fourth-order valence-corrected chi connectivity index (χ4v) is 2.98. The van der Waals surface area contributed by atoms with Crippen LogP contribution in [-0.2, 0) is 11.3 Å². The van der Waals surface area contributed by atoms with Gasteiger partial charge in [-0.05, 0) is 43.0 Å². The first-order chi connectivity index (χ1) is 10.5. The van der Waals surface area contributed by atoms with Crippen LogP contribution in [0.3, 0.4) is 0 Å². The van der Waals surface area contributed by atoms with Crippen molar-refractivity contribution in [3.63, 3.8) is 0 Å². The molecule has 1 aromatic carbocycles. The largest absolute Gasteiger partial charge is 0.395 e. The van der Waals surface area contributed by atoms with Crippen LogP contribution in [0, 0.1) is 17.6 Å². The summed E-state index contributed by atoms with van der Waals surface area (Å²) in [6.07, 6.45) is 2.05. The lowest BCUT2D eigenvalue weighted by Gasteiger charge is -2.38. The Bertz CT molecular complexity index is 505. The molecule has 1 aliphatic heterocycles. The number of hydrogen-bond donors (Lipinski definition) is 2. The van der Waals surface area contributed by atoms with Crippen molar-refractivity contribution in [1.29, 1.82) is 0 Å². The Balaban J connectivity index is 1.87. The molecule has 1 heterocycles. The number of aliphatic hydroxyl groups excluding tert-OH is 1. The first-order valence-corrected chi connectivity index (χ1v) is 7.56. The fraction of sp³-hybridized carbons (Fsp3) is 0.562. The number of amides is 1. The Labute approximate surface area is 129 Å². The van der Waals surface area contributed by atoms with Crippen LogP contribution in [0.1, 0.15) is 25.3 Å². The first kappa shape index (κ1) is 16.8. The zero-order valence-corrected chi connectivity index (χ0v) is 12.7. The number of nitrogens with one attached hydrogen (secondary N) is 1. The summed E-state index contributed by atoms with van der Waals surface area (Å²) < 4.78 is 26.2. The molecule has 1 aliphatic rings. The third kappa shape index (κ3) is 4.48. The molecule has 0 bridgehead atoms. The normalized spacial score (nSPS) is 22.5. The Kier molecular flexibility index (Phi) is 5.85. The SMILES string of the molecule is CC1CCCN(CC(=O)NCc2cc(F)cc(F)c2)C1CO. The average Bonchev–Trinajstić information content (AvgIpc) is 2.44. The minimum Gasteiger partial charge on any atom is -0.395 e. The highest BCUT2D eigenvalue weighted by atomic mass is 19.1. The monoisotopic (exact) mass is 312 g/mol. The summed E-state index contributed by atoms with van der Waals surface area (Å²) in [5, 5.41) is 12.1. The maximum Gasteiger partial charge on any atom is 0.234 e. The van der Waals surface area contributed by atoms with Crippen molar-refractivity contribution in [2.24, 2.45) is 5.92 Å². The number of benzene rings is 1. The van der Waals surface area contributed by atoms with Gasteiger partial charge in [0.1, 0.15) is 11.6 Å². The minimum absolute atomic E-state index is 0.00823. The minimum atomic E-state index is -0.658. The number of carbonyl (C=O) groups is 1. The van der Waals surface area contributed by atoms with E-state index in [9.17, 15) is 18.7 Å². The van der Waals surface area contributed by atoms with Crippen molar-refractivity contribution < 1.29 is 18.7 Å². The molecule has 0 spiro atoms. The summed E-state index contributed by atoms with van der Waals surface area (Å²) in [6, 6.07) is 3.18. The van der Waals surface area contributed by atoms with Crippen LogP contribution in [0.4, 0.5) is 8.78 Å². The van der Waals surface area contributed by atoms with Crippen LogP contribution in [0.25, 0.3) is 0 Å². The average molecular weight is 312 g/mol. The van der Waals surface area contributed by atoms with Gasteiger partial charge in [0.25, 0.3) is 0 Å². The molecule has 2 unspecified atom stereocenters. The van der Waals surface area contributed by atoms with Gasteiger partial charge in [-0.2, -0.15) is 0 Å². The molecule has 0 aliphatic carbocycles. The third-order valence-electron chi connectivity index (χ3n) is 4.18. The molecule has 1 amide bonds. The smallest absolute Gasteiger partial charge is 0.234 e. The van der Waals surface area contributed by atoms with E-state index in [0.717, 1.165) is 25.5 Å². The van der Waals surface area contributed by atoms with E-state index in [0.29, 0.717) is 11.5 Å². The van der Waals surface area contributed by atoms with Crippen LogP contribution < -0.4 is 5.32 Å². The summed E-state index contributed by atoms with van der Waals surface area (Å²) in [5.41, 5.74) is 0.386. The van der Waals surface area contributed by atoms with E-state index in [1.807, 2.05) is 4.90 Å². The van der Waals surface area contributed by atoms with E-state index in [1.54, 1.807) is 0 Å². The highest BCUT2D eigenvalue weighted by molar-refractivity contribution is 5.78.